The Bertz CT molecular complexity index is 1660. The standard InChI is InChI=1S/C34H23NO2/c1-2-29(35)22-17-18-30-31(19-22)37-32-20-26-25-15-9-10-16-27(25)34(23-11-5-3-6-12-23,24-13-7-4-8-14-24)28(26)21-33(32)36-30/h2-21,35H,1H2. The Kier molecular flexibility index (Phi) is 4.67. The van der Waals surface area contributed by atoms with Crippen molar-refractivity contribution < 1.29 is 9.47 Å². The largest absolute Gasteiger partial charge is 0.450 e. The van der Waals surface area contributed by atoms with Crippen molar-refractivity contribution in [1.29, 1.82) is 5.41 Å². The Morgan fingerprint density at radius 3 is 1.89 bits per heavy atom. The van der Waals surface area contributed by atoms with Gasteiger partial charge in [-0.15, -0.1) is 0 Å². The van der Waals surface area contributed by atoms with Crippen molar-refractivity contribution in [2.45, 2.75) is 5.41 Å². The van der Waals surface area contributed by atoms with Crippen molar-refractivity contribution in [3.8, 4) is 34.1 Å². The first-order valence-electron chi connectivity index (χ1n) is 12.3. The van der Waals surface area contributed by atoms with Crippen molar-refractivity contribution in [1.82, 2.24) is 0 Å². The summed E-state index contributed by atoms with van der Waals surface area (Å²) in [5, 5.41) is 8.12. The van der Waals surface area contributed by atoms with E-state index in [1.807, 2.05) is 18.2 Å². The predicted molar refractivity (Wildman–Crippen MR) is 147 cm³/mol. The number of allylic oxidation sites excluding steroid dienone is 1. The van der Waals surface area contributed by atoms with E-state index in [2.05, 4.69) is 104 Å². The molecule has 0 atom stereocenters. The van der Waals surface area contributed by atoms with Crippen LogP contribution in [0.3, 0.4) is 0 Å². The lowest BCUT2D eigenvalue weighted by molar-refractivity contribution is 0.359. The minimum Gasteiger partial charge on any atom is -0.450 e. The third-order valence-electron chi connectivity index (χ3n) is 7.42. The van der Waals surface area contributed by atoms with Crippen LogP contribution in [0.15, 0.2) is 128 Å². The normalized spacial score (nSPS) is 13.7. The van der Waals surface area contributed by atoms with Crippen molar-refractivity contribution in [2.24, 2.45) is 0 Å². The summed E-state index contributed by atoms with van der Waals surface area (Å²) >= 11 is 0. The van der Waals surface area contributed by atoms with E-state index < -0.39 is 5.41 Å². The molecule has 0 amide bonds. The number of nitrogens with one attached hydrogen (secondary N) is 1. The summed E-state index contributed by atoms with van der Waals surface area (Å²) in [6.45, 7) is 3.71. The number of rotatable bonds is 4. The van der Waals surface area contributed by atoms with E-state index in [1.165, 1.54) is 33.9 Å². The van der Waals surface area contributed by atoms with Crippen LogP contribution in [0.25, 0.3) is 11.1 Å². The molecule has 5 aromatic rings. The number of ether oxygens (including phenoxy) is 2. The summed E-state index contributed by atoms with van der Waals surface area (Å²) in [5.41, 5.74) is 7.72. The van der Waals surface area contributed by atoms with Crippen molar-refractivity contribution >= 4 is 5.71 Å². The van der Waals surface area contributed by atoms with Gasteiger partial charge in [0.2, 0.25) is 0 Å². The zero-order chi connectivity index (χ0) is 25.0. The average molecular weight is 478 g/mol. The molecule has 0 radical (unpaired) electrons. The first-order valence-corrected chi connectivity index (χ1v) is 12.3. The molecule has 1 N–H and O–H groups in total. The predicted octanol–water partition coefficient (Wildman–Crippen LogP) is 8.50. The fourth-order valence-electron chi connectivity index (χ4n) is 5.80. The van der Waals surface area contributed by atoms with Gasteiger partial charge in [-0.25, -0.2) is 0 Å². The molecular weight excluding hydrogens is 454 g/mol. The second-order valence-corrected chi connectivity index (χ2v) is 9.36. The Labute approximate surface area is 215 Å². The first-order chi connectivity index (χ1) is 18.2. The molecule has 0 spiro atoms. The maximum atomic E-state index is 8.12. The van der Waals surface area contributed by atoms with Gasteiger partial charge in [0.05, 0.1) is 11.1 Å². The number of benzene rings is 5. The van der Waals surface area contributed by atoms with Crippen LogP contribution in [-0.4, -0.2) is 5.71 Å². The molecule has 0 aromatic heterocycles. The highest BCUT2D eigenvalue weighted by Gasteiger charge is 2.47. The second kappa shape index (κ2) is 8.07. The molecule has 0 bridgehead atoms. The van der Waals surface area contributed by atoms with E-state index >= 15 is 0 Å². The lowest BCUT2D eigenvalue weighted by Gasteiger charge is -2.34. The molecule has 0 saturated heterocycles. The average Bonchev–Trinajstić information content (AvgIpc) is 3.25. The van der Waals surface area contributed by atoms with E-state index in [0.717, 1.165) is 11.1 Å². The molecule has 5 aromatic carbocycles. The van der Waals surface area contributed by atoms with Gasteiger partial charge in [-0.2, -0.15) is 0 Å². The smallest absolute Gasteiger partial charge is 0.170 e. The highest BCUT2D eigenvalue weighted by Crippen LogP contribution is 2.59. The lowest BCUT2D eigenvalue weighted by atomic mass is 9.67. The third-order valence-corrected chi connectivity index (χ3v) is 7.42. The quantitative estimate of drug-likeness (QED) is 0.258. The van der Waals surface area contributed by atoms with Crippen LogP contribution in [-0.2, 0) is 5.41 Å². The van der Waals surface area contributed by atoms with Crippen LogP contribution in [0.1, 0.15) is 27.8 Å². The first kappa shape index (κ1) is 21.4. The van der Waals surface area contributed by atoms with Crippen molar-refractivity contribution in [2.75, 3.05) is 0 Å². The zero-order valence-electron chi connectivity index (χ0n) is 20.1. The minimum absolute atomic E-state index is 0.343. The fourth-order valence-corrected chi connectivity index (χ4v) is 5.80. The summed E-state index contributed by atoms with van der Waals surface area (Å²) < 4.78 is 12.8. The van der Waals surface area contributed by atoms with Crippen LogP contribution < -0.4 is 9.47 Å². The molecule has 1 aliphatic heterocycles. The number of fused-ring (bicyclic) bond motifs is 5. The van der Waals surface area contributed by atoms with Crippen LogP contribution in [0.2, 0.25) is 0 Å². The number of hydrogen-bond donors (Lipinski definition) is 1. The molecule has 3 heteroatoms. The van der Waals surface area contributed by atoms with Crippen LogP contribution in [0, 0.1) is 5.41 Å². The molecule has 1 heterocycles. The molecule has 176 valence electrons. The van der Waals surface area contributed by atoms with E-state index in [0.29, 0.717) is 28.7 Å². The molecule has 2 aliphatic rings. The van der Waals surface area contributed by atoms with Gasteiger partial charge in [-0.05, 0) is 69.8 Å². The van der Waals surface area contributed by atoms with Gasteiger partial charge in [0.25, 0.3) is 0 Å². The molecule has 1 aliphatic carbocycles. The summed E-state index contributed by atoms with van der Waals surface area (Å²) in [5.74, 6) is 2.58. The van der Waals surface area contributed by atoms with Gasteiger partial charge in [0, 0.05) is 5.56 Å². The van der Waals surface area contributed by atoms with E-state index in [9.17, 15) is 0 Å². The number of hydrogen-bond acceptors (Lipinski definition) is 3. The SMILES string of the molecule is C=CC(=N)c1ccc2c(c1)Oc1cc3c(cc1O2)C(c1ccccc1)(c1ccccc1)c1ccccc1-3. The Hall–Kier alpha value is -4.89. The maximum absolute atomic E-state index is 8.12. The fraction of sp³-hybridized carbons (Fsp3) is 0.0294. The molecule has 0 saturated carbocycles. The lowest BCUT2D eigenvalue weighted by Crippen LogP contribution is -2.28. The van der Waals surface area contributed by atoms with Crippen LogP contribution >= 0.6 is 0 Å². The Balaban J connectivity index is 1.49. The molecular formula is C34H23NO2. The monoisotopic (exact) mass is 477 g/mol. The van der Waals surface area contributed by atoms with Crippen LogP contribution in [0.4, 0.5) is 0 Å². The molecule has 0 unspecified atom stereocenters. The van der Waals surface area contributed by atoms with E-state index in [4.69, 9.17) is 14.9 Å². The summed E-state index contributed by atoms with van der Waals surface area (Å²) in [7, 11) is 0. The third kappa shape index (κ3) is 3.04. The highest BCUT2D eigenvalue weighted by atomic mass is 16.6. The van der Waals surface area contributed by atoms with Crippen molar-refractivity contribution in [3.63, 3.8) is 0 Å². The summed E-state index contributed by atoms with van der Waals surface area (Å²) in [6, 6.07) is 39.8. The van der Waals surface area contributed by atoms with Gasteiger partial charge in [0.15, 0.2) is 23.0 Å². The Morgan fingerprint density at radius 1 is 0.595 bits per heavy atom. The van der Waals surface area contributed by atoms with Gasteiger partial charge in [-0.1, -0.05) is 91.5 Å². The molecule has 7 rings (SSSR count). The van der Waals surface area contributed by atoms with Gasteiger partial charge < -0.3 is 14.9 Å². The van der Waals surface area contributed by atoms with E-state index in [-0.39, 0.29) is 0 Å². The van der Waals surface area contributed by atoms with Gasteiger partial charge in [0.1, 0.15) is 0 Å². The summed E-state index contributed by atoms with van der Waals surface area (Å²) in [6.07, 6.45) is 1.52. The highest BCUT2D eigenvalue weighted by molar-refractivity contribution is 6.06. The second-order valence-electron chi connectivity index (χ2n) is 9.36. The topological polar surface area (TPSA) is 42.3 Å². The van der Waals surface area contributed by atoms with Crippen LogP contribution in [0.5, 0.6) is 23.0 Å². The van der Waals surface area contributed by atoms with E-state index in [1.54, 1.807) is 0 Å². The van der Waals surface area contributed by atoms with Gasteiger partial charge in [-0.3, -0.25) is 0 Å². The Morgan fingerprint density at radius 2 is 1.19 bits per heavy atom. The molecule has 0 fully saturated rings. The zero-order valence-corrected chi connectivity index (χ0v) is 20.1. The van der Waals surface area contributed by atoms with Crippen molar-refractivity contribution in [3.05, 3.63) is 156 Å². The van der Waals surface area contributed by atoms with Gasteiger partial charge >= 0.3 is 0 Å². The molecule has 37 heavy (non-hydrogen) atoms. The molecule has 3 nitrogen and oxygen atoms in total. The summed E-state index contributed by atoms with van der Waals surface area (Å²) in [4.78, 5) is 0. The maximum Gasteiger partial charge on any atom is 0.170 e. The minimum atomic E-state index is -0.490.